The van der Waals surface area contributed by atoms with E-state index in [1.807, 2.05) is 0 Å². The van der Waals surface area contributed by atoms with Crippen molar-refractivity contribution in [2.24, 2.45) is 0 Å². The van der Waals surface area contributed by atoms with Crippen LogP contribution in [-0.4, -0.2) is 42.5 Å². The maximum Gasteiger partial charge on any atom is 0.466 e. The first kappa shape index (κ1) is 83.2. The Morgan fingerprint density at radius 3 is 0.818 bits per heavy atom. The summed E-state index contributed by atoms with van der Waals surface area (Å²) in [7, 11) is -9.31. The van der Waals surface area contributed by atoms with Gasteiger partial charge in [0.2, 0.25) is 0 Å². The van der Waals surface area contributed by atoms with Crippen molar-refractivity contribution in [3.63, 3.8) is 0 Å². The van der Waals surface area contributed by atoms with E-state index in [9.17, 15) is 0 Å². The molecule has 19 nitrogen and oxygen atoms in total. The zero-order chi connectivity index (χ0) is 12.6. The summed E-state index contributed by atoms with van der Waals surface area (Å²) in [5.41, 5.74) is 0. The van der Waals surface area contributed by atoms with Gasteiger partial charge in [0.25, 0.3) is 5.09 Å². The molecule has 27 N–H and O–H groups in total. The predicted molar refractivity (Wildman–Crippen MR) is 79.6 cm³/mol. The van der Waals surface area contributed by atoms with Gasteiger partial charge in [-0.15, -0.1) is 22.5 Å². The third-order valence-electron chi connectivity index (χ3n) is 0. The maximum absolute atomic E-state index is 8.88. The van der Waals surface area contributed by atoms with E-state index in [0.29, 0.717) is 0 Å². The van der Waals surface area contributed by atoms with Crippen molar-refractivity contribution in [3.8, 4) is 0 Å². The van der Waals surface area contributed by atoms with E-state index in [0.717, 1.165) is 0 Å². The van der Waals surface area contributed by atoms with E-state index >= 15 is 0 Å². The van der Waals surface area contributed by atoms with E-state index < -0.39 is 23.3 Å². The second kappa shape index (κ2) is 36.9. The normalized spacial score (nSPS) is 6.41. The van der Waals surface area contributed by atoms with Gasteiger partial charge in [0.15, 0.2) is 0 Å². The van der Waals surface area contributed by atoms with Gasteiger partial charge in [0, 0.05) is 0 Å². The molecule has 0 saturated carbocycles. The number of phosphoric acid groups is 1. The lowest BCUT2D eigenvalue weighted by Crippen LogP contribution is -1.89. The summed E-state index contributed by atoms with van der Waals surface area (Å²) in [5.74, 6) is 0. The van der Waals surface area contributed by atoms with E-state index in [-0.39, 0.29) is 55.5 Å². The molecule has 0 atom stereocenters. The summed E-state index contributed by atoms with van der Waals surface area (Å²) in [4.78, 5) is 29.9. The second-order valence-electron chi connectivity index (χ2n) is 1.20. The average Bonchev–Trinajstić information content (AvgIpc) is 1.45. The van der Waals surface area contributed by atoms with Gasteiger partial charge < -0.3 is 62.9 Å². The summed E-state index contributed by atoms with van der Waals surface area (Å²) < 4.78 is 40.5. The van der Waals surface area contributed by atoms with Crippen LogP contribution in [0.15, 0.2) is 0 Å². The van der Waals surface area contributed by atoms with Crippen LogP contribution in [0, 0.1) is 10.1 Å². The largest absolute Gasteiger partial charge is 0.466 e. The third-order valence-corrected chi connectivity index (χ3v) is 0. The predicted octanol–water partition coefficient (Wildman–Crippen LogP) is -0.373. The fourth-order valence-electron chi connectivity index (χ4n) is 0. The highest BCUT2D eigenvalue weighted by molar-refractivity contribution is 7.79. The minimum atomic E-state index is -4.67. The molecule has 0 rings (SSSR count). The Morgan fingerprint density at radius 1 is 0.818 bits per heavy atom. The molecule has 152 valence electrons. The summed E-state index contributed by atoms with van der Waals surface area (Å²) in [6.45, 7) is 0. The lowest BCUT2D eigenvalue weighted by Gasteiger charge is -1.82. The molecule has 0 aliphatic rings. The van der Waals surface area contributed by atoms with Gasteiger partial charge in [-0.25, -0.2) is 4.57 Å². The topological polar surface area (TPSA) is 461 Å². The standard InChI is InChI=1S/ClH.HNO3.7H3N.H3O4P.H2O4S/c;2-1(3)4;;;;;;;;2*1-5(2,3)4/h1H;(H,2,3,4);7*1H3;(H3,1,2,3,4);(H2,1,2,3,4). The van der Waals surface area contributed by atoms with E-state index in [1.165, 1.54) is 0 Å². The highest BCUT2D eigenvalue weighted by atomic mass is 35.5. The number of hydrogen-bond donors (Lipinski definition) is 13. The smallest absolute Gasteiger partial charge is 0.344 e. The summed E-state index contributed by atoms with van der Waals surface area (Å²) >= 11 is 0. The van der Waals surface area contributed by atoms with Crippen LogP contribution < -0.4 is 43.1 Å². The van der Waals surface area contributed by atoms with Crippen LogP contribution in [0.5, 0.6) is 0 Å². The van der Waals surface area contributed by atoms with Gasteiger partial charge in [-0.05, 0) is 0 Å². The molecule has 0 saturated heterocycles. The van der Waals surface area contributed by atoms with Crippen molar-refractivity contribution in [2.75, 3.05) is 0 Å². The monoisotopic (exact) mass is 414 g/mol. The Balaban J connectivity index is -0.00000000779. The Bertz CT molecular complexity index is 281. The fraction of sp³-hybridized carbons (Fsp3) is 0. The summed E-state index contributed by atoms with van der Waals surface area (Å²) in [6, 6.07) is 0. The van der Waals surface area contributed by atoms with Crippen molar-refractivity contribution in [1.82, 2.24) is 43.1 Å². The van der Waals surface area contributed by atoms with Crippen LogP contribution >= 0.6 is 20.2 Å². The van der Waals surface area contributed by atoms with Gasteiger partial charge in [-0.2, -0.15) is 8.42 Å². The van der Waals surface area contributed by atoms with Crippen LogP contribution in [0.2, 0.25) is 0 Å². The molecule has 0 spiro atoms. The molecule has 0 heterocycles. The minimum absolute atomic E-state index is 0. The third kappa shape index (κ3) is 9680. The molecule has 0 unspecified atom stereocenters. The van der Waals surface area contributed by atoms with E-state index in [2.05, 4.69) is 0 Å². The molecule has 0 amide bonds. The Kier molecular flexibility index (Phi) is 140. The van der Waals surface area contributed by atoms with Crippen molar-refractivity contribution >= 4 is 30.6 Å². The van der Waals surface area contributed by atoms with E-state index in [1.54, 1.807) is 0 Å². The Labute approximate surface area is 131 Å². The van der Waals surface area contributed by atoms with Crippen LogP contribution in [0.25, 0.3) is 0 Å². The molecule has 0 aromatic carbocycles. The number of rotatable bonds is 0. The van der Waals surface area contributed by atoms with E-state index in [4.69, 9.17) is 52.1 Å². The first-order chi connectivity index (χ1) is 5.73. The maximum atomic E-state index is 8.88. The highest BCUT2D eigenvalue weighted by Gasteiger charge is 2.00. The van der Waals surface area contributed by atoms with Gasteiger partial charge in [-0.1, -0.05) is 0 Å². The average molecular weight is 415 g/mol. The van der Waals surface area contributed by atoms with Crippen molar-refractivity contribution in [1.29, 1.82) is 0 Å². The minimum Gasteiger partial charge on any atom is -0.344 e. The number of hydrogen-bond acceptors (Lipinski definition) is 12. The number of nitrogens with zero attached hydrogens (tertiary/aromatic N) is 1. The zero-order valence-corrected chi connectivity index (χ0v) is 13.9. The van der Waals surface area contributed by atoms with Crippen molar-refractivity contribution in [3.05, 3.63) is 10.1 Å². The molecule has 0 aliphatic carbocycles. The molecular formula is H28ClN8O11PS. The highest BCUT2D eigenvalue weighted by Crippen LogP contribution is 2.25. The molecule has 22 heteroatoms. The SMILES string of the molecule is Cl.N.N.N.N.N.N.N.O=P(O)(O)O.O=S(=O)(O)O.O=[N+]([O-])O. The van der Waals surface area contributed by atoms with Gasteiger partial charge >= 0.3 is 18.2 Å². The van der Waals surface area contributed by atoms with Gasteiger partial charge in [-0.3, -0.25) is 9.11 Å². The van der Waals surface area contributed by atoms with Crippen LogP contribution in [-0.2, 0) is 15.0 Å². The van der Waals surface area contributed by atoms with Crippen LogP contribution in [0.3, 0.4) is 0 Å². The molecule has 0 bridgehead atoms. The Hall–Kier alpha value is -0.810. The van der Waals surface area contributed by atoms with Gasteiger partial charge in [0.05, 0.1) is 0 Å². The lowest BCUT2D eigenvalue weighted by molar-refractivity contribution is -0.742. The Morgan fingerprint density at radius 2 is 0.818 bits per heavy atom. The van der Waals surface area contributed by atoms with Crippen molar-refractivity contribution < 1.29 is 47.1 Å². The number of halogens is 1. The zero-order valence-electron chi connectivity index (χ0n) is 11.4. The molecule has 0 aromatic heterocycles. The second-order valence-corrected chi connectivity index (χ2v) is 3.12. The molecular weight excluding hydrogens is 387 g/mol. The molecule has 0 aromatic rings. The van der Waals surface area contributed by atoms with Gasteiger partial charge in [0.1, 0.15) is 0 Å². The van der Waals surface area contributed by atoms with Crippen LogP contribution in [0.4, 0.5) is 0 Å². The van der Waals surface area contributed by atoms with Crippen LogP contribution in [0.1, 0.15) is 0 Å². The molecule has 0 aliphatic heterocycles. The summed E-state index contributed by atoms with van der Waals surface area (Å²) in [6.07, 6.45) is 0. The first-order valence-corrected chi connectivity index (χ1v) is 5.01. The molecule has 0 radical (unpaired) electrons. The summed E-state index contributed by atoms with van der Waals surface area (Å²) in [5, 5.41) is 13.6. The van der Waals surface area contributed by atoms with Crippen molar-refractivity contribution in [2.45, 2.75) is 0 Å². The fourth-order valence-corrected chi connectivity index (χ4v) is 0. The molecule has 22 heavy (non-hydrogen) atoms. The lowest BCUT2D eigenvalue weighted by atomic mass is 13.1. The first-order valence-electron chi connectivity index (χ1n) is 2.05. The quantitative estimate of drug-likeness (QED) is 0.104. The molecule has 0 fully saturated rings.